The van der Waals surface area contributed by atoms with Crippen LogP contribution in [0, 0.1) is 11.8 Å². The molecule has 1 aromatic carbocycles. The summed E-state index contributed by atoms with van der Waals surface area (Å²) in [4.78, 5) is 0. The first-order valence-corrected chi connectivity index (χ1v) is 7.49. The zero-order valence-corrected chi connectivity index (χ0v) is 12.9. The number of hydrazine groups is 1. The lowest BCUT2D eigenvalue weighted by molar-refractivity contribution is 0.298. The SMILES string of the molecule is CCn1nc(CC(NN)C(C)C(C)C)c2ccccc21. The molecule has 1 aromatic heterocycles. The number of rotatable bonds is 6. The number of hydrogen-bond donors (Lipinski definition) is 2. The van der Waals surface area contributed by atoms with Crippen molar-refractivity contribution < 1.29 is 0 Å². The minimum atomic E-state index is 0.249. The second-order valence-corrected chi connectivity index (χ2v) is 5.86. The van der Waals surface area contributed by atoms with E-state index < -0.39 is 0 Å². The van der Waals surface area contributed by atoms with Gasteiger partial charge in [0.15, 0.2) is 0 Å². The number of nitrogens with one attached hydrogen (secondary N) is 1. The molecule has 0 saturated heterocycles. The largest absolute Gasteiger partial charge is 0.271 e. The second-order valence-electron chi connectivity index (χ2n) is 5.86. The van der Waals surface area contributed by atoms with Crippen LogP contribution in [0.3, 0.4) is 0 Å². The van der Waals surface area contributed by atoms with Crippen LogP contribution in [0.1, 0.15) is 33.4 Å². The highest BCUT2D eigenvalue weighted by molar-refractivity contribution is 5.82. The Balaban J connectivity index is 2.33. The van der Waals surface area contributed by atoms with Gasteiger partial charge in [-0.3, -0.25) is 16.0 Å². The summed E-state index contributed by atoms with van der Waals surface area (Å²) in [6.45, 7) is 9.73. The third-order valence-electron chi connectivity index (χ3n) is 4.35. The fourth-order valence-corrected chi connectivity index (χ4v) is 2.66. The highest BCUT2D eigenvalue weighted by atomic mass is 15.3. The Morgan fingerprint density at radius 1 is 1.25 bits per heavy atom. The molecule has 0 radical (unpaired) electrons. The topological polar surface area (TPSA) is 55.9 Å². The normalized spacial score (nSPS) is 14.9. The maximum Gasteiger partial charge on any atom is 0.0719 e. The number of fused-ring (bicyclic) bond motifs is 1. The van der Waals surface area contributed by atoms with E-state index in [1.807, 2.05) is 0 Å². The van der Waals surface area contributed by atoms with Crippen molar-refractivity contribution in [3.63, 3.8) is 0 Å². The van der Waals surface area contributed by atoms with Crippen molar-refractivity contribution >= 4 is 10.9 Å². The van der Waals surface area contributed by atoms with Crippen molar-refractivity contribution in [2.75, 3.05) is 0 Å². The molecule has 2 aromatic rings. The first kappa shape index (κ1) is 15.0. The third kappa shape index (κ3) is 2.86. The Bertz CT molecular complexity index is 559. The molecule has 4 heteroatoms. The van der Waals surface area contributed by atoms with E-state index in [1.165, 1.54) is 10.9 Å². The molecule has 1 heterocycles. The summed E-state index contributed by atoms with van der Waals surface area (Å²) in [5.74, 6) is 6.86. The molecule has 0 saturated carbocycles. The van der Waals surface area contributed by atoms with E-state index in [1.54, 1.807) is 0 Å². The van der Waals surface area contributed by atoms with Crippen LogP contribution in [0.15, 0.2) is 24.3 Å². The third-order valence-corrected chi connectivity index (χ3v) is 4.35. The van der Waals surface area contributed by atoms with E-state index in [9.17, 15) is 0 Å². The van der Waals surface area contributed by atoms with Crippen LogP contribution in [-0.2, 0) is 13.0 Å². The molecule has 0 amide bonds. The lowest BCUT2D eigenvalue weighted by Crippen LogP contribution is -2.43. The van der Waals surface area contributed by atoms with Gasteiger partial charge < -0.3 is 0 Å². The quantitative estimate of drug-likeness (QED) is 0.629. The maximum atomic E-state index is 5.76. The van der Waals surface area contributed by atoms with Crippen LogP contribution in [0.2, 0.25) is 0 Å². The average Bonchev–Trinajstić information content (AvgIpc) is 2.82. The molecule has 3 N–H and O–H groups in total. The van der Waals surface area contributed by atoms with E-state index in [4.69, 9.17) is 10.9 Å². The predicted molar refractivity (Wildman–Crippen MR) is 84.2 cm³/mol. The van der Waals surface area contributed by atoms with Crippen molar-refractivity contribution in [2.45, 2.75) is 46.7 Å². The molecule has 0 spiro atoms. The first-order chi connectivity index (χ1) is 9.58. The van der Waals surface area contributed by atoms with Gasteiger partial charge in [-0.1, -0.05) is 39.0 Å². The fourth-order valence-electron chi connectivity index (χ4n) is 2.66. The summed E-state index contributed by atoms with van der Waals surface area (Å²) in [5.41, 5.74) is 5.32. The van der Waals surface area contributed by atoms with E-state index >= 15 is 0 Å². The zero-order valence-electron chi connectivity index (χ0n) is 12.9. The van der Waals surface area contributed by atoms with Crippen molar-refractivity contribution in [2.24, 2.45) is 17.7 Å². The number of hydrogen-bond acceptors (Lipinski definition) is 3. The summed E-state index contributed by atoms with van der Waals surface area (Å²) in [5, 5.41) is 6.00. The number of aryl methyl sites for hydroxylation is 1. The van der Waals surface area contributed by atoms with Crippen molar-refractivity contribution in [1.29, 1.82) is 0 Å². The Morgan fingerprint density at radius 3 is 2.55 bits per heavy atom. The average molecular weight is 274 g/mol. The summed E-state index contributed by atoms with van der Waals surface area (Å²) < 4.78 is 2.07. The van der Waals surface area contributed by atoms with Gasteiger partial charge in [0.05, 0.1) is 11.2 Å². The Labute approximate surface area is 121 Å². The van der Waals surface area contributed by atoms with E-state index in [-0.39, 0.29) is 6.04 Å². The van der Waals surface area contributed by atoms with Gasteiger partial charge in [0, 0.05) is 24.4 Å². The smallest absolute Gasteiger partial charge is 0.0719 e. The molecule has 4 nitrogen and oxygen atoms in total. The Morgan fingerprint density at radius 2 is 1.95 bits per heavy atom. The monoisotopic (exact) mass is 274 g/mol. The maximum absolute atomic E-state index is 5.76. The molecule has 2 rings (SSSR count). The highest BCUT2D eigenvalue weighted by Crippen LogP contribution is 2.23. The predicted octanol–water partition coefficient (Wildman–Crippen LogP) is 2.72. The number of nitrogens with two attached hydrogens (primary N) is 1. The second kappa shape index (κ2) is 6.37. The van der Waals surface area contributed by atoms with E-state index in [0.29, 0.717) is 11.8 Å². The summed E-state index contributed by atoms with van der Waals surface area (Å²) in [7, 11) is 0. The van der Waals surface area contributed by atoms with Crippen LogP contribution in [0.5, 0.6) is 0 Å². The van der Waals surface area contributed by atoms with Gasteiger partial charge in [-0.2, -0.15) is 5.10 Å². The molecule has 0 aliphatic rings. The standard InChI is InChI=1S/C16H26N4/c1-5-20-16-9-7-6-8-13(16)15(19-20)10-14(18-17)12(4)11(2)3/h6-9,11-12,14,18H,5,10,17H2,1-4H3. The minimum Gasteiger partial charge on any atom is -0.271 e. The Hall–Kier alpha value is -1.39. The van der Waals surface area contributed by atoms with Gasteiger partial charge in [-0.15, -0.1) is 0 Å². The molecule has 0 fully saturated rings. The van der Waals surface area contributed by atoms with E-state index in [0.717, 1.165) is 18.7 Å². The van der Waals surface area contributed by atoms with Gasteiger partial charge in [0.2, 0.25) is 0 Å². The van der Waals surface area contributed by atoms with Crippen molar-refractivity contribution in [3.8, 4) is 0 Å². The van der Waals surface area contributed by atoms with Gasteiger partial charge in [-0.25, -0.2) is 0 Å². The van der Waals surface area contributed by atoms with Gasteiger partial charge in [0.1, 0.15) is 0 Å². The fraction of sp³-hybridized carbons (Fsp3) is 0.562. The molecule has 0 aliphatic carbocycles. The lowest BCUT2D eigenvalue weighted by Gasteiger charge is -2.25. The van der Waals surface area contributed by atoms with Crippen LogP contribution < -0.4 is 11.3 Å². The summed E-state index contributed by atoms with van der Waals surface area (Å²) >= 11 is 0. The molecule has 110 valence electrons. The van der Waals surface area contributed by atoms with Gasteiger partial charge >= 0.3 is 0 Å². The van der Waals surface area contributed by atoms with Gasteiger partial charge in [0.25, 0.3) is 0 Å². The van der Waals surface area contributed by atoms with Crippen LogP contribution >= 0.6 is 0 Å². The number of aromatic nitrogens is 2. The molecular formula is C16H26N4. The van der Waals surface area contributed by atoms with Crippen LogP contribution in [0.4, 0.5) is 0 Å². The number of nitrogens with zero attached hydrogens (tertiary/aromatic N) is 2. The van der Waals surface area contributed by atoms with Crippen LogP contribution in [-0.4, -0.2) is 15.8 Å². The molecule has 20 heavy (non-hydrogen) atoms. The molecule has 0 aliphatic heterocycles. The number of benzene rings is 1. The van der Waals surface area contributed by atoms with Crippen LogP contribution in [0.25, 0.3) is 10.9 Å². The van der Waals surface area contributed by atoms with E-state index in [2.05, 4.69) is 62.1 Å². The number of para-hydroxylation sites is 1. The molecule has 2 atom stereocenters. The van der Waals surface area contributed by atoms with Gasteiger partial charge in [-0.05, 0) is 24.8 Å². The molecular weight excluding hydrogens is 248 g/mol. The first-order valence-electron chi connectivity index (χ1n) is 7.49. The highest BCUT2D eigenvalue weighted by Gasteiger charge is 2.22. The molecule has 2 unspecified atom stereocenters. The van der Waals surface area contributed by atoms with Crippen molar-refractivity contribution in [3.05, 3.63) is 30.0 Å². The summed E-state index contributed by atoms with van der Waals surface area (Å²) in [6.07, 6.45) is 0.864. The lowest BCUT2D eigenvalue weighted by atomic mass is 9.88. The Kier molecular flexibility index (Phi) is 4.78. The molecule has 0 bridgehead atoms. The van der Waals surface area contributed by atoms with Crippen molar-refractivity contribution in [1.82, 2.24) is 15.2 Å². The minimum absolute atomic E-state index is 0.249. The zero-order chi connectivity index (χ0) is 14.7. The summed E-state index contributed by atoms with van der Waals surface area (Å²) in [6, 6.07) is 8.67.